The van der Waals surface area contributed by atoms with Crippen molar-refractivity contribution in [3.63, 3.8) is 0 Å². The Morgan fingerprint density at radius 2 is 1.00 bits per heavy atom. The number of hydrogen-bond donors (Lipinski definition) is 0. The highest BCUT2D eigenvalue weighted by Crippen LogP contribution is 2.17. The van der Waals surface area contributed by atoms with E-state index >= 15 is 0 Å². The fourth-order valence-electron chi connectivity index (χ4n) is 3.02. The van der Waals surface area contributed by atoms with E-state index in [1.54, 1.807) is 0 Å². The first kappa shape index (κ1) is 19.7. The second-order valence-electron chi connectivity index (χ2n) is 6.87. The fourth-order valence-corrected chi connectivity index (χ4v) is 3.02. The van der Waals surface area contributed by atoms with Crippen molar-refractivity contribution in [3.8, 4) is 0 Å². The molecular formula is C19H30O4. The first-order valence-corrected chi connectivity index (χ1v) is 9.12. The van der Waals surface area contributed by atoms with Crippen molar-refractivity contribution in [1.29, 1.82) is 0 Å². The Balaban J connectivity index is 2.51. The third-order valence-corrected chi connectivity index (χ3v) is 4.59. The summed E-state index contributed by atoms with van der Waals surface area (Å²) < 4.78 is 0. The van der Waals surface area contributed by atoms with Crippen molar-refractivity contribution < 1.29 is 19.2 Å². The molecule has 1 unspecified atom stereocenters. The Kier molecular flexibility index (Phi) is 9.65. The summed E-state index contributed by atoms with van der Waals surface area (Å²) in [6.45, 7) is 2.00. The van der Waals surface area contributed by atoms with Gasteiger partial charge in [0.05, 0.1) is 0 Å². The molecule has 0 heterocycles. The van der Waals surface area contributed by atoms with Crippen LogP contribution in [0.15, 0.2) is 0 Å². The number of hydrogen-bond acceptors (Lipinski definition) is 4. The largest absolute Gasteiger partial charge is 0.291 e. The molecule has 1 rings (SSSR count). The highest BCUT2D eigenvalue weighted by atomic mass is 16.2. The number of carbonyl (C=O) groups excluding carboxylic acids is 4. The molecule has 0 N–H and O–H groups in total. The molecule has 130 valence electrons. The smallest absolute Gasteiger partial charge is 0.198 e. The van der Waals surface area contributed by atoms with Crippen LogP contribution in [-0.4, -0.2) is 23.1 Å². The van der Waals surface area contributed by atoms with Crippen LogP contribution >= 0.6 is 0 Å². The Morgan fingerprint density at radius 3 is 1.61 bits per heavy atom. The van der Waals surface area contributed by atoms with Gasteiger partial charge in [0.2, 0.25) is 0 Å². The second kappa shape index (κ2) is 11.3. The topological polar surface area (TPSA) is 68.3 Å². The van der Waals surface area contributed by atoms with Crippen molar-refractivity contribution >= 4 is 23.1 Å². The molecule has 0 bridgehead atoms. The molecule has 0 saturated heterocycles. The van der Waals surface area contributed by atoms with Crippen LogP contribution in [0.4, 0.5) is 0 Å². The van der Waals surface area contributed by atoms with Gasteiger partial charge < -0.3 is 0 Å². The van der Waals surface area contributed by atoms with Crippen molar-refractivity contribution in [3.05, 3.63) is 0 Å². The predicted molar refractivity (Wildman–Crippen MR) is 89.2 cm³/mol. The average molecular weight is 322 g/mol. The van der Waals surface area contributed by atoms with E-state index in [2.05, 4.69) is 0 Å². The van der Waals surface area contributed by atoms with Gasteiger partial charge in [0.1, 0.15) is 0 Å². The molecular weight excluding hydrogens is 292 g/mol. The summed E-state index contributed by atoms with van der Waals surface area (Å²) in [4.78, 5) is 47.1. The van der Waals surface area contributed by atoms with Crippen LogP contribution in [0.2, 0.25) is 0 Å². The summed E-state index contributed by atoms with van der Waals surface area (Å²) in [6.07, 6.45) is 10.0. The molecule has 0 aromatic rings. The second-order valence-corrected chi connectivity index (χ2v) is 6.87. The Labute approximate surface area is 139 Å². The molecule has 1 saturated carbocycles. The molecule has 1 aliphatic carbocycles. The molecule has 0 aliphatic heterocycles. The van der Waals surface area contributed by atoms with Gasteiger partial charge in [-0.3, -0.25) is 19.2 Å². The zero-order valence-electron chi connectivity index (χ0n) is 14.4. The van der Waals surface area contributed by atoms with Gasteiger partial charge in [0.25, 0.3) is 0 Å². The van der Waals surface area contributed by atoms with Gasteiger partial charge in [-0.25, -0.2) is 0 Å². The Morgan fingerprint density at radius 1 is 0.565 bits per heavy atom. The minimum Gasteiger partial charge on any atom is -0.291 e. The van der Waals surface area contributed by atoms with E-state index in [0.29, 0.717) is 0 Å². The third-order valence-electron chi connectivity index (χ3n) is 4.59. The molecule has 0 spiro atoms. The Bertz CT molecular complexity index is 425. The van der Waals surface area contributed by atoms with Gasteiger partial charge in [-0.05, 0) is 12.3 Å². The average Bonchev–Trinajstić information content (AvgIpc) is 2.52. The van der Waals surface area contributed by atoms with Gasteiger partial charge in [-0.15, -0.1) is 0 Å². The zero-order valence-corrected chi connectivity index (χ0v) is 14.4. The maximum Gasteiger partial charge on any atom is 0.198 e. The molecule has 0 amide bonds. The van der Waals surface area contributed by atoms with Crippen LogP contribution in [0, 0.1) is 5.92 Å². The van der Waals surface area contributed by atoms with Crippen LogP contribution in [0.25, 0.3) is 0 Å². The Hall–Kier alpha value is -1.32. The third kappa shape index (κ3) is 8.77. The number of Topliss-reactive ketones (excluding diaryl/α,β-unsaturated/α-hetero) is 4. The minimum atomic E-state index is -0.501. The summed E-state index contributed by atoms with van der Waals surface area (Å²) in [5.41, 5.74) is 0. The van der Waals surface area contributed by atoms with E-state index in [1.165, 1.54) is 25.7 Å². The van der Waals surface area contributed by atoms with Crippen molar-refractivity contribution in [1.82, 2.24) is 0 Å². The van der Waals surface area contributed by atoms with E-state index in [0.717, 1.165) is 32.1 Å². The quantitative estimate of drug-likeness (QED) is 0.632. The summed E-state index contributed by atoms with van der Waals surface area (Å²) >= 11 is 0. The van der Waals surface area contributed by atoms with Crippen molar-refractivity contribution in [2.24, 2.45) is 5.92 Å². The maximum atomic E-state index is 11.9. The van der Waals surface area contributed by atoms with Gasteiger partial charge >= 0.3 is 0 Å². The maximum absolute atomic E-state index is 11.9. The normalized spacial score (nSPS) is 25.0. The zero-order chi connectivity index (χ0) is 17.1. The first-order chi connectivity index (χ1) is 11.0. The van der Waals surface area contributed by atoms with Gasteiger partial charge in [0, 0.05) is 25.7 Å². The molecule has 0 radical (unpaired) electrons. The standard InChI is InChI=1S/C19H30O4/c1-15-10-8-6-4-2-3-5-7-9-11-16(20)17(21)12-13-18(22)19(23)14-15/h15H,2-14H2,1H3. The van der Waals surface area contributed by atoms with Crippen LogP contribution in [0.5, 0.6) is 0 Å². The first-order valence-electron chi connectivity index (χ1n) is 9.12. The lowest BCUT2D eigenvalue weighted by atomic mass is 9.94. The van der Waals surface area contributed by atoms with Crippen LogP contribution in [0.3, 0.4) is 0 Å². The van der Waals surface area contributed by atoms with E-state index in [-0.39, 0.29) is 43.2 Å². The predicted octanol–water partition coefficient (Wildman–Crippen LogP) is 3.98. The monoisotopic (exact) mass is 322 g/mol. The number of rotatable bonds is 0. The highest BCUT2D eigenvalue weighted by molar-refractivity contribution is 6.40. The molecule has 1 fully saturated rings. The molecule has 0 aromatic heterocycles. The summed E-state index contributed by atoms with van der Waals surface area (Å²) in [5, 5.41) is 0. The lowest BCUT2D eigenvalue weighted by molar-refractivity contribution is -0.139. The van der Waals surface area contributed by atoms with Crippen LogP contribution in [-0.2, 0) is 19.2 Å². The van der Waals surface area contributed by atoms with Crippen LogP contribution < -0.4 is 0 Å². The van der Waals surface area contributed by atoms with Gasteiger partial charge in [-0.1, -0.05) is 58.3 Å². The molecule has 23 heavy (non-hydrogen) atoms. The fraction of sp³-hybridized carbons (Fsp3) is 0.789. The van der Waals surface area contributed by atoms with Gasteiger partial charge in [0.15, 0.2) is 23.1 Å². The number of carbonyl (C=O) groups is 4. The minimum absolute atomic E-state index is 0.113. The van der Waals surface area contributed by atoms with Crippen LogP contribution in [0.1, 0.15) is 90.4 Å². The lowest BCUT2D eigenvalue weighted by Gasteiger charge is -2.10. The number of ketones is 4. The van der Waals surface area contributed by atoms with Crippen molar-refractivity contribution in [2.75, 3.05) is 0 Å². The van der Waals surface area contributed by atoms with Gasteiger partial charge in [-0.2, -0.15) is 0 Å². The summed E-state index contributed by atoms with van der Waals surface area (Å²) in [5.74, 6) is -1.57. The lowest BCUT2D eigenvalue weighted by Crippen LogP contribution is -2.20. The molecule has 1 atom stereocenters. The SMILES string of the molecule is CC1CCCCCCCCCCC(=O)C(=O)CCC(=O)C(=O)C1. The van der Waals surface area contributed by atoms with Crippen molar-refractivity contribution in [2.45, 2.75) is 90.4 Å². The molecule has 0 aromatic carbocycles. The summed E-state index contributed by atoms with van der Waals surface area (Å²) in [7, 11) is 0. The molecule has 4 nitrogen and oxygen atoms in total. The van der Waals surface area contributed by atoms with E-state index in [4.69, 9.17) is 0 Å². The van der Waals surface area contributed by atoms with E-state index < -0.39 is 11.6 Å². The van der Waals surface area contributed by atoms with E-state index in [9.17, 15) is 19.2 Å². The summed E-state index contributed by atoms with van der Waals surface area (Å²) in [6, 6.07) is 0. The highest BCUT2D eigenvalue weighted by Gasteiger charge is 2.20. The molecule has 4 heteroatoms. The molecule has 1 aliphatic rings. The van der Waals surface area contributed by atoms with E-state index in [1.807, 2.05) is 6.92 Å².